The second-order valence-corrected chi connectivity index (χ2v) is 5.37. The van der Waals surface area contributed by atoms with Gasteiger partial charge in [0.1, 0.15) is 12.4 Å². The van der Waals surface area contributed by atoms with E-state index in [0.29, 0.717) is 19.6 Å². The van der Waals surface area contributed by atoms with Crippen LogP contribution in [0.2, 0.25) is 0 Å². The minimum absolute atomic E-state index is 0.0123. The molecule has 0 aliphatic carbocycles. The number of amides is 1. The lowest BCUT2D eigenvalue weighted by Crippen LogP contribution is -2.29. The van der Waals surface area contributed by atoms with Gasteiger partial charge in [-0.15, -0.1) is 0 Å². The van der Waals surface area contributed by atoms with E-state index in [1.807, 2.05) is 60.7 Å². The normalized spacial score (nSPS) is 10.4. The predicted molar refractivity (Wildman–Crippen MR) is 92.6 cm³/mol. The number of nitrogens with one attached hydrogen (secondary N) is 1. The molecule has 3 aromatic carbocycles. The van der Waals surface area contributed by atoms with Crippen molar-refractivity contribution in [3.05, 3.63) is 78.4 Å². The van der Waals surface area contributed by atoms with Crippen LogP contribution in [0.3, 0.4) is 0 Å². The maximum atomic E-state index is 11.8. The Morgan fingerprint density at radius 1 is 0.870 bits per heavy atom. The standard InChI is InChI=1S/C20H19NO2/c22-20(14-16-6-2-1-3-7-16)21-12-13-23-19-11-10-17-8-4-5-9-18(17)15-19/h1-11,15H,12-14H2,(H,21,22). The molecule has 0 bridgehead atoms. The van der Waals surface area contributed by atoms with Gasteiger partial charge in [0.2, 0.25) is 5.91 Å². The molecule has 0 saturated heterocycles. The summed E-state index contributed by atoms with van der Waals surface area (Å²) in [5.41, 5.74) is 1.01. The third-order valence-corrected chi connectivity index (χ3v) is 3.62. The van der Waals surface area contributed by atoms with E-state index in [2.05, 4.69) is 17.4 Å². The van der Waals surface area contributed by atoms with Gasteiger partial charge in [-0.05, 0) is 28.5 Å². The largest absolute Gasteiger partial charge is 0.492 e. The van der Waals surface area contributed by atoms with Crippen LogP contribution in [0, 0.1) is 0 Å². The fourth-order valence-corrected chi connectivity index (χ4v) is 2.46. The topological polar surface area (TPSA) is 38.3 Å². The lowest BCUT2D eigenvalue weighted by atomic mass is 10.1. The fourth-order valence-electron chi connectivity index (χ4n) is 2.46. The first-order chi connectivity index (χ1) is 11.3. The van der Waals surface area contributed by atoms with Crippen molar-refractivity contribution in [2.45, 2.75) is 6.42 Å². The van der Waals surface area contributed by atoms with Gasteiger partial charge in [-0.25, -0.2) is 0 Å². The zero-order valence-corrected chi connectivity index (χ0v) is 12.9. The second-order valence-electron chi connectivity index (χ2n) is 5.37. The van der Waals surface area contributed by atoms with Crippen molar-refractivity contribution in [1.82, 2.24) is 5.32 Å². The predicted octanol–water partition coefficient (Wildman–Crippen LogP) is 3.58. The Morgan fingerprint density at radius 3 is 2.43 bits per heavy atom. The molecule has 3 rings (SSSR count). The van der Waals surface area contributed by atoms with Crippen LogP contribution in [0.25, 0.3) is 10.8 Å². The molecule has 0 aliphatic rings. The quantitative estimate of drug-likeness (QED) is 0.707. The van der Waals surface area contributed by atoms with Gasteiger partial charge in [0, 0.05) is 0 Å². The van der Waals surface area contributed by atoms with Crippen molar-refractivity contribution in [2.75, 3.05) is 13.2 Å². The van der Waals surface area contributed by atoms with Gasteiger partial charge in [-0.1, -0.05) is 60.7 Å². The highest BCUT2D eigenvalue weighted by atomic mass is 16.5. The third kappa shape index (κ3) is 4.33. The molecular formula is C20H19NO2. The van der Waals surface area contributed by atoms with Gasteiger partial charge < -0.3 is 10.1 Å². The van der Waals surface area contributed by atoms with Crippen LogP contribution in [0.4, 0.5) is 0 Å². The van der Waals surface area contributed by atoms with Crippen molar-refractivity contribution in [1.29, 1.82) is 0 Å². The number of benzene rings is 3. The highest BCUT2D eigenvalue weighted by Gasteiger charge is 2.02. The minimum atomic E-state index is 0.0123. The van der Waals surface area contributed by atoms with Crippen LogP contribution in [0.1, 0.15) is 5.56 Å². The van der Waals surface area contributed by atoms with Crippen LogP contribution in [-0.4, -0.2) is 19.1 Å². The first kappa shape index (κ1) is 15.1. The summed E-state index contributed by atoms with van der Waals surface area (Å²) >= 11 is 0. The highest BCUT2D eigenvalue weighted by molar-refractivity contribution is 5.83. The van der Waals surface area contributed by atoms with Gasteiger partial charge in [-0.2, -0.15) is 0 Å². The molecule has 0 aromatic heterocycles. The van der Waals surface area contributed by atoms with Gasteiger partial charge >= 0.3 is 0 Å². The Balaban J connectivity index is 1.44. The van der Waals surface area contributed by atoms with Gasteiger partial charge in [0.25, 0.3) is 0 Å². The van der Waals surface area contributed by atoms with E-state index in [9.17, 15) is 4.79 Å². The zero-order chi connectivity index (χ0) is 15.9. The van der Waals surface area contributed by atoms with Crippen molar-refractivity contribution >= 4 is 16.7 Å². The van der Waals surface area contributed by atoms with Gasteiger partial charge in [0.05, 0.1) is 13.0 Å². The number of hydrogen-bond acceptors (Lipinski definition) is 2. The average molecular weight is 305 g/mol. The molecule has 1 N–H and O–H groups in total. The van der Waals surface area contributed by atoms with E-state index in [1.54, 1.807) is 0 Å². The van der Waals surface area contributed by atoms with Gasteiger partial charge in [0.15, 0.2) is 0 Å². The third-order valence-electron chi connectivity index (χ3n) is 3.62. The molecule has 0 atom stereocenters. The summed E-state index contributed by atoms with van der Waals surface area (Å²) in [7, 11) is 0. The average Bonchev–Trinajstić information content (AvgIpc) is 2.59. The summed E-state index contributed by atoms with van der Waals surface area (Å²) in [5, 5.41) is 5.22. The summed E-state index contributed by atoms with van der Waals surface area (Å²) in [6.45, 7) is 0.956. The molecule has 0 fully saturated rings. The van der Waals surface area contributed by atoms with Crippen molar-refractivity contribution in [3.63, 3.8) is 0 Å². The Hall–Kier alpha value is -2.81. The summed E-state index contributed by atoms with van der Waals surface area (Å²) in [4.78, 5) is 11.8. The van der Waals surface area contributed by atoms with Crippen LogP contribution >= 0.6 is 0 Å². The molecule has 3 heteroatoms. The van der Waals surface area contributed by atoms with E-state index in [4.69, 9.17) is 4.74 Å². The summed E-state index contributed by atoms with van der Waals surface area (Å²) < 4.78 is 5.70. The summed E-state index contributed by atoms with van der Waals surface area (Å²) in [5.74, 6) is 0.833. The number of carbonyl (C=O) groups is 1. The molecule has 0 heterocycles. The van der Waals surface area contributed by atoms with E-state index in [1.165, 1.54) is 5.39 Å². The first-order valence-corrected chi connectivity index (χ1v) is 7.73. The van der Waals surface area contributed by atoms with Crippen LogP contribution in [0.5, 0.6) is 5.75 Å². The maximum absolute atomic E-state index is 11.8. The first-order valence-electron chi connectivity index (χ1n) is 7.73. The number of ether oxygens (including phenoxy) is 1. The van der Waals surface area contributed by atoms with Gasteiger partial charge in [-0.3, -0.25) is 4.79 Å². The molecule has 0 radical (unpaired) electrons. The molecule has 116 valence electrons. The second kappa shape index (κ2) is 7.45. The summed E-state index contributed by atoms with van der Waals surface area (Å²) in [6, 6.07) is 23.9. The van der Waals surface area contributed by atoms with Crippen molar-refractivity contribution in [2.24, 2.45) is 0 Å². The zero-order valence-electron chi connectivity index (χ0n) is 12.9. The molecular weight excluding hydrogens is 286 g/mol. The number of carbonyl (C=O) groups excluding carboxylic acids is 1. The summed E-state index contributed by atoms with van der Waals surface area (Å²) in [6.07, 6.45) is 0.400. The van der Waals surface area contributed by atoms with Crippen molar-refractivity contribution < 1.29 is 9.53 Å². The SMILES string of the molecule is O=C(Cc1ccccc1)NCCOc1ccc2ccccc2c1. The smallest absolute Gasteiger partial charge is 0.224 e. The Labute approximate surface area is 135 Å². The van der Waals surface area contributed by atoms with E-state index >= 15 is 0 Å². The Kier molecular flexibility index (Phi) is 4.89. The Bertz CT molecular complexity index is 784. The Morgan fingerprint density at radius 2 is 1.61 bits per heavy atom. The minimum Gasteiger partial charge on any atom is -0.492 e. The van der Waals surface area contributed by atoms with E-state index < -0.39 is 0 Å². The molecule has 0 spiro atoms. The molecule has 3 aromatic rings. The van der Waals surface area contributed by atoms with Crippen molar-refractivity contribution in [3.8, 4) is 5.75 Å². The number of fused-ring (bicyclic) bond motifs is 1. The molecule has 1 amide bonds. The maximum Gasteiger partial charge on any atom is 0.224 e. The number of hydrogen-bond donors (Lipinski definition) is 1. The van der Waals surface area contributed by atoms with Crippen LogP contribution in [0.15, 0.2) is 72.8 Å². The lowest BCUT2D eigenvalue weighted by Gasteiger charge is -2.09. The molecule has 0 unspecified atom stereocenters. The van der Waals surface area contributed by atoms with Crippen LogP contribution < -0.4 is 10.1 Å². The molecule has 0 aliphatic heterocycles. The lowest BCUT2D eigenvalue weighted by molar-refractivity contribution is -0.120. The monoisotopic (exact) mass is 305 g/mol. The van der Waals surface area contributed by atoms with Crippen LogP contribution in [-0.2, 0) is 11.2 Å². The molecule has 3 nitrogen and oxygen atoms in total. The fraction of sp³-hybridized carbons (Fsp3) is 0.150. The molecule has 0 saturated carbocycles. The highest BCUT2D eigenvalue weighted by Crippen LogP contribution is 2.20. The van der Waals surface area contributed by atoms with E-state index in [0.717, 1.165) is 16.7 Å². The van der Waals surface area contributed by atoms with E-state index in [-0.39, 0.29) is 5.91 Å². The number of rotatable bonds is 6. The molecule has 23 heavy (non-hydrogen) atoms.